The van der Waals surface area contributed by atoms with E-state index in [1.807, 2.05) is 43.3 Å². The molecule has 0 amide bonds. The highest BCUT2D eigenvalue weighted by molar-refractivity contribution is 5.95. The minimum Gasteiger partial charge on any atom is -0.474 e. The van der Waals surface area contributed by atoms with Gasteiger partial charge in [-0.05, 0) is 19.1 Å². The average molecular weight is 212 g/mol. The van der Waals surface area contributed by atoms with E-state index < -0.39 is 0 Å². The largest absolute Gasteiger partial charge is 0.474 e. The molecule has 3 rings (SSSR count). The van der Waals surface area contributed by atoms with Crippen LogP contribution in [0.25, 0.3) is 10.9 Å². The van der Waals surface area contributed by atoms with Gasteiger partial charge in [0.05, 0.1) is 11.6 Å². The molecule has 0 aliphatic carbocycles. The number of aromatic nitrogens is 1. The third-order valence-electron chi connectivity index (χ3n) is 2.62. The van der Waals surface area contributed by atoms with Crippen molar-refractivity contribution in [2.75, 3.05) is 6.61 Å². The van der Waals surface area contributed by atoms with Crippen molar-refractivity contribution in [3.63, 3.8) is 0 Å². The van der Waals surface area contributed by atoms with Gasteiger partial charge in [-0.3, -0.25) is 0 Å². The van der Waals surface area contributed by atoms with Gasteiger partial charge in [-0.1, -0.05) is 24.3 Å². The van der Waals surface area contributed by atoms with Gasteiger partial charge < -0.3 is 4.74 Å². The zero-order chi connectivity index (χ0) is 11.0. The Morgan fingerprint density at radius 3 is 2.88 bits per heavy atom. The van der Waals surface area contributed by atoms with E-state index in [2.05, 4.69) is 9.98 Å². The second-order valence-electron chi connectivity index (χ2n) is 3.98. The number of benzene rings is 1. The molecular weight excluding hydrogens is 200 g/mol. The van der Waals surface area contributed by atoms with Gasteiger partial charge >= 0.3 is 0 Å². The summed E-state index contributed by atoms with van der Waals surface area (Å²) in [7, 11) is 0. The van der Waals surface area contributed by atoms with E-state index in [1.54, 1.807) is 0 Å². The predicted octanol–water partition coefficient (Wildman–Crippen LogP) is 2.40. The molecule has 0 N–H and O–H groups in total. The highest BCUT2D eigenvalue weighted by atomic mass is 16.5. The van der Waals surface area contributed by atoms with Crippen LogP contribution in [-0.4, -0.2) is 23.5 Å². The van der Waals surface area contributed by atoms with Crippen molar-refractivity contribution in [1.82, 2.24) is 4.98 Å². The fourth-order valence-corrected chi connectivity index (χ4v) is 1.80. The van der Waals surface area contributed by atoms with Gasteiger partial charge in [0.1, 0.15) is 12.3 Å². The molecule has 3 heteroatoms. The lowest BCUT2D eigenvalue weighted by molar-refractivity contribution is 0.323. The minimum absolute atomic E-state index is 0.239. The summed E-state index contributed by atoms with van der Waals surface area (Å²) in [5.41, 5.74) is 1.80. The number of nitrogens with zero attached hydrogens (tertiary/aromatic N) is 2. The standard InChI is InChI=1S/C13H12N2O/c1-9-8-16-13(14-9)12-7-6-10-4-2-3-5-11(10)15-12/h2-7,9H,8H2,1H3/t9-/m1/s1. The second kappa shape index (κ2) is 3.59. The lowest BCUT2D eigenvalue weighted by Crippen LogP contribution is -2.04. The van der Waals surface area contributed by atoms with Crippen LogP contribution in [-0.2, 0) is 4.74 Å². The first-order chi connectivity index (χ1) is 7.83. The number of ether oxygens (including phenoxy) is 1. The molecule has 2 heterocycles. The van der Waals surface area contributed by atoms with Gasteiger partial charge in [-0.2, -0.15) is 0 Å². The normalized spacial score (nSPS) is 19.6. The van der Waals surface area contributed by atoms with Crippen molar-refractivity contribution >= 4 is 16.8 Å². The van der Waals surface area contributed by atoms with Crippen LogP contribution in [0.15, 0.2) is 41.4 Å². The minimum atomic E-state index is 0.239. The lowest BCUT2D eigenvalue weighted by Gasteiger charge is -2.02. The molecule has 1 aromatic heterocycles. The van der Waals surface area contributed by atoms with Crippen LogP contribution in [0.3, 0.4) is 0 Å². The van der Waals surface area contributed by atoms with Crippen molar-refractivity contribution in [3.05, 3.63) is 42.1 Å². The average Bonchev–Trinajstić information content (AvgIpc) is 2.75. The first kappa shape index (κ1) is 9.33. The summed E-state index contributed by atoms with van der Waals surface area (Å²) in [6.45, 7) is 2.69. The van der Waals surface area contributed by atoms with Gasteiger partial charge in [0, 0.05) is 5.39 Å². The molecule has 80 valence electrons. The smallest absolute Gasteiger partial charge is 0.235 e. The molecule has 0 bridgehead atoms. The topological polar surface area (TPSA) is 34.5 Å². The number of hydrogen-bond donors (Lipinski definition) is 0. The Labute approximate surface area is 93.8 Å². The number of aliphatic imine (C=N–C) groups is 1. The number of hydrogen-bond acceptors (Lipinski definition) is 3. The molecule has 0 saturated heterocycles. The summed E-state index contributed by atoms with van der Waals surface area (Å²) in [4.78, 5) is 8.93. The number of rotatable bonds is 1. The predicted molar refractivity (Wildman–Crippen MR) is 63.7 cm³/mol. The number of para-hydroxylation sites is 1. The molecule has 0 unspecified atom stereocenters. The monoisotopic (exact) mass is 212 g/mol. The van der Waals surface area contributed by atoms with Gasteiger partial charge in [0.25, 0.3) is 0 Å². The summed E-state index contributed by atoms with van der Waals surface area (Å²) in [6, 6.07) is 12.3. The summed E-state index contributed by atoms with van der Waals surface area (Å²) in [6.07, 6.45) is 0. The Bertz CT molecular complexity index is 563. The van der Waals surface area contributed by atoms with Crippen LogP contribution < -0.4 is 0 Å². The Morgan fingerprint density at radius 1 is 1.19 bits per heavy atom. The third kappa shape index (κ3) is 1.54. The van der Waals surface area contributed by atoms with Crippen LogP contribution in [0.5, 0.6) is 0 Å². The molecular formula is C13H12N2O. The maximum atomic E-state index is 5.49. The van der Waals surface area contributed by atoms with Gasteiger partial charge in [0.15, 0.2) is 0 Å². The molecule has 2 aromatic rings. The van der Waals surface area contributed by atoms with Crippen LogP contribution >= 0.6 is 0 Å². The van der Waals surface area contributed by atoms with Crippen molar-refractivity contribution in [2.45, 2.75) is 13.0 Å². The highest BCUT2D eigenvalue weighted by Gasteiger charge is 2.17. The van der Waals surface area contributed by atoms with E-state index in [-0.39, 0.29) is 6.04 Å². The van der Waals surface area contributed by atoms with Crippen LogP contribution in [0.4, 0.5) is 0 Å². The van der Waals surface area contributed by atoms with Gasteiger partial charge in [0.2, 0.25) is 5.90 Å². The molecule has 0 saturated carbocycles. The summed E-state index contributed by atoms with van der Waals surface area (Å²) < 4.78 is 5.49. The number of fused-ring (bicyclic) bond motifs is 1. The lowest BCUT2D eigenvalue weighted by atomic mass is 10.2. The van der Waals surface area contributed by atoms with Crippen LogP contribution in [0.1, 0.15) is 12.6 Å². The summed E-state index contributed by atoms with van der Waals surface area (Å²) in [5.74, 6) is 0.665. The molecule has 3 nitrogen and oxygen atoms in total. The molecule has 1 aromatic carbocycles. The van der Waals surface area contributed by atoms with Gasteiger partial charge in [-0.15, -0.1) is 0 Å². The maximum absolute atomic E-state index is 5.49. The quantitative estimate of drug-likeness (QED) is 0.727. The SMILES string of the molecule is C[C@@H]1COC(c2ccc3ccccc3n2)=N1. The zero-order valence-corrected chi connectivity index (χ0v) is 9.05. The first-order valence-electron chi connectivity index (χ1n) is 5.40. The molecule has 0 fully saturated rings. The van der Waals surface area contributed by atoms with Crippen molar-refractivity contribution in [3.8, 4) is 0 Å². The van der Waals surface area contributed by atoms with E-state index in [4.69, 9.17) is 4.74 Å². The summed E-state index contributed by atoms with van der Waals surface area (Å²) >= 11 is 0. The maximum Gasteiger partial charge on any atom is 0.235 e. The third-order valence-corrected chi connectivity index (χ3v) is 2.62. The summed E-state index contributed by atoms with van der Waals surface area (Å²) in [5, 5.41) is 1.14. The molecule has 0 radical (unpaired) electrons. The molecule has 1 aliphatic heterocycles. The Kier molecular flexibility index (Phi) is 2.10. The fraction of sp³-hybridized carbons (Fsp3) is 0.231. The van der Waals surface area contributed by atoms with Crippen LogP contribution in [0.2, 0.25) is 0 Å². The molecule has 1 aliphatic rings. The Balaban J connectivity index is 2.09. The Morgan fingerprint density at radius 2 is 2.06 bits per heavy atom. The van der Waals surface area contributed by atoms with Crippen molar-refractivity contribution in [2.24, 2.45) is 4.99 Å². The number of pyridine rings is 1. The van der Waals surface area contributed by atoms with E-state index >= 15 is 0 Å². The van der Waals surface area contributed by atoms with E-state index in [9.17, 15) is 0 Å². The second-order valence-corrected chi connectivity index (χ2v) is 3.98. The van der Waals surface area contributed by atoms with E-state index in [0.717, 1.165) is 16.6 Å². The van der Waals surface area contributed by atoms with Crippen LogP contribution in [0, 0.1) is 0 Å². The highest BCUT2D eigenvalue weighted by Crippen LogP contribution is 2.15. The molecule has 1 atom stereocenters. The van der Waals surface area contributed by atoms with Gasteiger partial charge in [-0.25, -0.2) is 9.98 Å². The Hall–Kier alpha value is -1.90. The fourth-order valence-electron chi connectivity index (χ4n) is 1.80. The van der Waals surface area contributed by atoms with Crippen molar-refractivity contribution < 1.29 is 4.74 Å². The molecule has 0 spiro atoms. The van der Waals surface area contributed by atoms with E-state index in [1.165, 1.54) is 0 Å². The molecule has 16 heavy (non-hydrogen) atoms. The zero-order valence-electron chi connectivity index (χ0n) is 9.05. The van der Waals surface area contributed by atoms with Crippen molar-refractivity contribution in [1.29, 1.82) is 0 Å². The van der Waals surface area contributed by atoms with E-state index in [0.29, 0.717) is 12.5 Å². The first-order valence-corrected chi connectivity index (χ1v) is 5.40.